The van der Waals surface area contributed by atoms with Crippen LogP contribution in [0.2, 0.25) is 0 Å². The third kappa shape index (κ3) is 15.7. The highest BCUT2D eigenvalue weighted by atomic mass is 16.5. The van der Waals surface area contributed by atoms with Crippen LogP contribution in [0.15, 0.2) is 49.1 Å². The Balaban J connectivity index is 2.14. The molecular weight excluding hydrogens is 650 g/mol. The quantitative estimate of drug-likeness (QED) is 0.0973. The molecule has 6 N–H and O–H groups in total. The highest BCUT2D eigenvalue weighted by Crippen LogP contribution is 2.13. The first-order chi connectivity index (χ1) is 24.0. The minimum Gasteiger partial charge on any atom is -0.460 e. The van der Waals surface area contributed by atoms with Crippen LogP contribution in [-0.2, 0) is 48.7 Å². The average Bonchev–Trinajstić information content (AvgIpc) is 3.46. The minimum atomic E-state index is -0.992. The monoisotopic (exact) mass is 712 g/mol. The van der Waals surface area contributed by atoms with Crippen molar-refractivity contribution in [2.75, 3.05) is 6.61 Å². The Labute approximate surface area is 303 Å². The maximum absolute atomic E-state index is 13.8. The third-order valence-corrected chi connectivity index (χ3v) is 8.29. The molecule has 0 bridgehead atoms. The number of nitrogens with zero attached hydrogens (tertiary/aromatic N) is 2. The zero-order valence-electron chi connectivity index (χ0n) is 32.0. The van der Waals surface area contributed by atoms with Gasteiger partial charge in [0, 0.05) is 0 Å². The van der Waals surface area contributed by atoms with Gasteiger partial charge in [0.2, 0.25) is 30.0 Å². The van der Waals surface area contributed by atoms with Crippen LogP contribution < -0.4 is 31.6 Å². The third-order valence-electron chi connectivity index (χ3n) is 8.29. The zero-order chi connectivity index (χ0) is 38.2. The topological polar surface area (TPSA) is 178 Å². The normalized spacial score (nSPS) is 14.5. The van der Waals surface area contributed by atoms with E-state index in [1.54, 1.807) is 13.8 Å². The largest absolute Gasteiger partial charge is 0.460 e. The first-order valence-electron chi connectivity index (χ1n) is 18.1. The number of carbonyl (C=O) groups is 5. The molecule has 1 aromatic carbocycles. The Hall–Kier alpha value is -4.26. The van der Waals surface area contributed by atoms with Crippen LogP contribution >= 0.6 is 0 Å². The molecule has 13 nitrogen and oxygen atoms in total. The Morgan fingerprint density at radius 2 is 1.24 bits per heavy atom. The lowest BCUT2D eigenvalue weighted by molar-refractivity contribution is -0.671. The van der Waals surface area contributed by atoms with Gasteiger partial charge in [-0.15, -0.1) is 0 Å². The van der Waals surface area contributed by atoms with Crippen LogP contribution in [0.4, 0.5) is 0 Å². The molecule has 1 aromatic heterocycles. The summed E-state index contributed by atoms with van der Waals surface area (Å²) in [7, 11) is 1.90. The molecule has 0 saturated heterocycles. The first kappa shape index (κ1) is 42.9. The number of carbonyl (C=O) groups excluding carboxylic acids is 5. The fourth-order valence-electron chi connectivity index (χ4n) is 5.64. The molecular formula is C38H62N7O6+. The molecule has 5 atom stereocenters. The van der Waals surface area contributed by atoms with E-state index >= 15 is 0 Å². The summed E-state index contributed by atoms with van der Waals surface area (Å²) in [4.78, 5) is 67.3. The SMILES string of the molecule is CC(C)C[C@H](NC(=O)[C@H](CC(C)C)NC(=O)[C@@H](N)Cc1ccccc1)C(=O)N[C@H](C(=O)N[C@@H](CC(C)C)C(=O)OCCn1cc[n+](C)c1)C(C)C. The summed E-state index contributed by atoms with van der Waals surface area (Å²) in [5.41, 5.74) is 7.11. The van der Waals surface area contributed by atoms with Crippen molar-refractivity contribution in [3.05, 3.63) is 54.6 Å². The van der Waals surface area contributed by atoms with Crippen LogP contribution in [0, 0.1) is 23.7 Å². The Kier molecular flexibility index (Phi) is 17.8. The van der Waals surface area contributed by atoms with Crippen LogP contribution in [-0.4, -0.2) is 71.0 Å². The van der Waals surface area contributed by atoms with E-state index in [-0.39, 0.29) is 30.3 Å². The van der Waals surface area contributed by atoms with Crippen molar-refractivity contribution in [3.8, 4) is 0 Å². The molecule has 51 heavy (non-hydrogen) atoms. The number of esters is 1. The number of rotatable bonds is 21. The molecule has 13 heteroatoms. The first-order valence-corrected chi connectivity index (χ1v) is 18.1. The Bertz CT molecular complexity index is 1410. The Morgan fingerprint density at radius 1 is 0.725 bits per heavy atom. The predicted molar refractivity (Wildman–Crippen MR) is 196 cm³/mol. The summed E-state index contributed by atoms with van der Waals surface area (Å²) >= 11 is 0. The molecule has 0 aliphatic carbocycles. The van der Waals surface area contributed by atoms with Crippen LogP contribution in [0.5, 0.6) is 0 Å². The molecule has 284 valence electrons. The number of aromatic nitrogens is 2. The van der Waals surface area contributed by atoms with E-state index in [9.17, 15) is 24.0 Å². The highest BCUT2D eigenvalue weighted by molar-refractivity contribution is 5.95. The summed E-state index contributed by atoms with van der Waals surface area (Å²) in [5.74, 6) is -2.77. The molecule has 0 aliphatic rings. The molecule has 0 radical (unpaired) electrons. The number of aryl methyl sites for hydroxylation is 1. The van der Waals surface area contributed by atoms with Gasteiger partial charge in [-0.2, -0.15) is 0 Å². The van der Waals surface area contributed by atoms with E-state index in [1.165, 1.54) is 0 Å². The second-order valence-electron chi connectivity index (χ2n) is 15.1. The maximum atomic E-state index is 13.8. The van der Waals surface area contributed by atoms with E-state index in [1.807, 2.05) is 107 Å². The number of benzene rings is 1. The molecule has 1 heterocycles. The number of hydrogen-bond acceptors (Lipinski definition) is 7. The van der Waals surface area contributed by atoms with Gasteiger partial charge in [0.1, 0.15) is 49.7 Å². The number of hydrogen-bond donors (Lipinski definition) is 5. The lowest BCUT2D eigenvalue weighted by Gasteiger charge is -2.29. The van der Waals surface area contributed by atoms with Crippen molar-refractivity contribution < 1.29 is 33.3 Å². The molecule has 0 aliphatic heterocycles. The molecule has 0 spiro atoms. The average molecular weight is 713 g/mol. The lowest BCUT2D eigenvalue weighted by Crippen LogP contribution is -2.60. The highest BCUT2D eigenvalue weighted by Gasteiger charge is 2.34. The van der Waals surface area contributed by atoms with E-state index in [0.717, 1.165) is 5.56 Å². The second kappa shape index (κ2) is 21.2. The van der Waals surface area contributed by atoms with Crippen molar-refractivity contribution in [3.63, 3.8) is 0 Å². The van der Waals surface area contributed by atoms with Crippen molar-refractivity contribution in [1.29, 1.82) is 0 Å². The van der Waals surface area contributed by atoms with Gasteiger partial charge in [-0.1, -0.05) is 85.7 Å². The van der Waals surface area contributed by atoms with Gasteiger partial charge < -0.3 is 31.7 Å². The van der Waals surface area contributed by atoms with Gasteiger partial charge in [0.15, 0.2) is 0 Å². The molecule has 2 aromatic rings. The number of ether oxygens (including phenoxy) is 1. The van der Waals surface area contributed by atoms with Crippen LogP contribution in [0.25, 0.3) is 0 Å². The smallest absolute Gasteiger partial charge is 0.328 e. The fraction of sp³-hybridized carbons (Fsp3) is 0.632. The lowest BCUT2D eigenvalue weighted by atomic mass is 9.97. The summed E-state index contributed by atoms with van der Waals surface area (Å²) in [5, 5.41) is 11.3. The summed E-state index contributed by atoms with van der Waals surface area (Å²) < 4.78 is 9.30. The van der Waals surface area contributed by atoms with Crippen molar-refractivity contribution >= 4 is 29.6 Å². The van der Waals surface area contributed by atoms with Crippen molar-refractivity contribution in [1.82, 2.24) is 25.8 Å². The number of nitrogens with two attached hydrogens (primary N) is 1. The van der Waals surface area contributed by atoms with E-state index in [4.69, 9.17) is 10.5 Å². The fourth-order valence-corrected chi connectivity index (χ4v) is 5.64. The van der Waals surface area contributed by atoms with E-state index in [0.29, 0.717) is 32.2 Å². The van der Waals surface area contributed by atoms with E-state index in [2.05, 4.69) is 21.3 Å². The molecule has 0 fully saturated rings. The number of imidazole rings is 1. The van der Waals surface area contributed by atoms with Gasteiger partial charge >= 0.3 is 5.97 Å². The van der Waals surface area contributed by atoms with Gasteiger partial charge in [0.05, 0.1) is 13.1 Å². The summed E-state index contributed by atoms with van der Waals surface area (Å²) in [6, 6.07) is 4.71. The van der Waals surface area contributed by atoms with Gasteiger partial charge in [-0.25, -0.2) is 13.9 Å². The zero-order valence-corrected chi connectivity index (χ0v) is 32.0. The van der Waals surface area contributed by atoms with E-state index < -0.39 is 59.8 Å². The summed E-state index contributed by atoms with van der Waals surface area (Å²) in [6.45, 7) is 15.8. The Morgan fingerprint density at radius 3 is 1.75 bits per heavy atom. The van der Waals surface area contributed by atoms with Crippen molar-refractivity contribution in [2.45, 2.75) is 118 Å². The number of amides is 4. The second-order valence-corrected chi connectivity index (χ2v) is 15.1. The van der Waals surface area contributed by atoms with Crippen molar-refractivity contribution in [2.24, 2.45) is 36.5 Å². The standard InChI is InChI=1S/C38H61N7O6/c1-24(2)19-30(40-34(46)29(39)22-28-13-11-10-12-14-28)35(47)41-31(20-25(3)4)36(48)43-33(27(7)8)37(49)42-32(21-26(5)6)38(50)51-18-17-45-16-15-44(9)23-45/h10-16,23-27,29-33H,17-22,39H2,1-9H3,(H3-,40,41,42,43,46,47,48,49)/p+1/t29-,30-,31-,32-,33-/m0/s1. The van der Waals surface area contributed by atoms with Gasteiger partial charge in [-0.05, 0) is 54.9 Å². The van der Waals surface area contributed by atoms with Gasteiger partial charge in [0.25, 0.3) is 0 Å². The molecule has 0 saturated carbocycles. The number of nitrogens with one attached hydrogen (secondary N) is 4. The molecule has 2 rings (SSSR count). The van der Waals surface area contributed by atoms with Gasteiger partial charge in [-0.3, -0.25) is 19.2 Å². The molecule has 4 amide bonds. The van der Waals surface area contributed by atoms with Crippen LogP contribution in [0.1, 0.15) is 80.2 Å². The van der Waals surface area contributed by atoms with Crippen LogP contribution in [0.3, 0.4) is 0 Å². The maximum Gasteiger partial charge on any atom is 0.328 e. The molecule has 0 unspecified atom stereocenters. The minimum absolute atomic E-state index is 0.0176. The predicted octanol–water partition coefficient (Wildman–Crippen LogP) is 2.16. The summed E-state index contributed by atoms with van der Waals surface area (Å²) in [6.07, 6.45) is 6.91.